The van der Waals surface area contributed by atoms with Crippen molar-refractivity contribution >= 4 is 17.8 Å². The van der Waals surface area contributed by atoms with Crippen molar-refractivity contribution in [3.63, 3.8) is 0 Å². The highest BCUT2D eigenvalue weighted by atomic mass is 16.2. The minimum absolute atomic E-state index is 0.0112. The number of urea groups is 1. The number of amides is 4. The fourth-order valence-corrected chi connectivity index (χ4v) is 1.29. The predicted molar refractivity (Wildman–Crippen MR) is 47.3 cm³/mol. The van der Waals surface area contributed by atoms with Crippen LogP contribution in [0.4, 0.5) is 4.79 Å². The Morgan fingerprint density at radius 3 is 2.60 bits per heavy atom. The Balaban J connectivity index is 2.16. The van der Waals surface area contributed by atoms with Crippen molar-refractivity contribution in [2.24, 2.45) is 7.05 Å². The van der Waals surface area contributed by atoms with Crippen LogP contribution in [0.15, 0.2) is 12.3 Å². The Morgan fingerprint density at radius 1 is 1.40 bits per heavy atom. The van der Waals surface area contributed by atoms with E-state index in [9.17, 15) is 14.4 Å². The summed E-state index contributed by atoms with van der Waals surface area (Å²) in [5.74, 6) is -1.73. The van der Waals surface area contributed by atoms with Crippen LogP contribution in [-0.4, -0.2) is 32.5 Å². The Morgan fingerprint density at radius 2 is 2.13 bits per heavy atom. The van der Waals surface area contributed by atoms with Gasteiger partial charge in [-0.15, -0.1) is 0 Å². The van der Waals surface area contributed by atoms with Gasteiger partial charge in [0.15, 0.2) is 0 Å². The summed E-state index contributed by atoms with van der Waals surface area (Å²) in [6.45, 7) is 0.0112. The average Bonchev–Trinajstić information content (AvgIpc) is 2.67. The standard InChI is InChI=1S/C8H8N4O3/c1-11-3-2-5(10-11)4-12-7(14)6(13)9-8(12)15/h2-3H,4H2,1H3,(H,9,13,15). The first-order valence-electron chi connectivity index (χ1n) is 4.23. The zero-order valence-electron chi connectivity index (χ0n) is 7.93. The van der Waals surface area contributed by atoms with Gasteiger partial charge < -0.3 is 0 Å². The number of carbonyl (C=O) groups excluding carboxylic acids is 3. The van der Waals surface area contributed by atoms with E-state index in [1.165, 1.54) is 0 Å². The van der Waals surface area contributed by atoms with E-state index >= 15 is 0 Å². The van der Waals surface area contributed by atoms with Gasteiger partial charge >= 0.3 is 17.8 Å². The van der Waals surface area contributed by atoms with Gasteiger partial charge in [-0.2, -0.15) is 5.10 Å². The maximum atomic E-state index is 11.2. The largest absolute Gasteiger partial charge is 0.331 e. The topological polar surface area (TPSA) is 84.3 Å². The Kier molecular flexibility index (Phi) is 2.00. The van der Waals surface area contributed by atoms with Gasteiger partial charge in [0.05, 0.1) is 12.2 Å². The number of nitrogens with zero attached hydrogens (tertiary/aromatic N) is 3. The number of aryl methyl sites for hydroxylation is 1. The molecular weight excluding hydrogens is 200 g/mol. The summed E-state index contributed by atoms with van der Waals surface area (Å²) in [5, 5.41) is 5.91. The maximum absolute atomic E-state index is 11.2. The summed E-state index contributed by atoms with van der Waals surface area (Å²) < 4.78 is 1.55. The number of aromatic nitrogens is 2. The van der Waals surface area contributed by atoms with Gasteiger partial charge in [-0.25, -0.2) is 9.69 Å². The molecule has 1 fully saturated rings. The smallest absolute Gasteiger partial charge is 0.275 e. The van der Waals surface area contributed by atoms with Crippen LogP contribution >= 0.6 is 0 Å². The van der Waals surface area contributed by atoms with Crippen molar-refractivity contribution in [2.75, 3.05) is 0 Å². The van der Waals surface area contributed by atoms with Crippen molar-refractivity contribution < 1.29 is 14.4 Å². The zero-order valence-corrected chi connectivity index (χ0v) is 7.93. The molecule has 0 radical (unpaired) electrons. The molecule has 15 heavy (non-hydrogen) atoms. The van der Waals surface area contributed by atoms with Crippen LogP contribution in [0.25, 0.3) is 0 Å². The van der Waals surface area contributed by atoms with E-state index in [1.54, 1.807) is 24.0 Å². The second kappa shape index (κ2) is 3.19. The summed E-state index contributed by atoms with van der Waals surface area (Å²) >= 11 is 0. The number of hydrogen-bond acceptors (Lipinski definition) is 4. The second-order valence-electron chi connectivity index (χ2n) is 3.13. The van der Waals surface area contributed by atoms with Gasteiger partial charge in [-0.05, 0) is 6.07 Å². The Bertz CT molecular complexity index is 450. The van der Waals surface area contributed by atoms with Crippen LogP contribution in [-0.2, 0) is 23.2 Å². The molecular formula is C8H8N4O3. The molecule has 0 bridgehead atoms. The van der Waals surface area contributed by atoms with Crippen LogP contribution < -0.4 is 5.32 Å². The molecule has 1 saturated heterocycles. The molecule has 1 aromatic heterocycles. The summed E-state index contributed by atoms with van der Waals surface area (Å²) in [4.78, 5) is 34.0. The van der Waals surface area contributed by atoms with E-state index in [0.717, 1.165) is 4.90 Å². The van der Waals surface area contributed by atoms with E-state index in [-0.39, 0.29) is 6.54 Å². The van der Waals surface area contributed by atoms with Crippen molar-refractivity contribution in [2.45, 2.75) is 6.54 Å². The minimum atomic E-state index is -0.893. The van der Waals surface area contributed by atoms with Crippen LogP contribution in [0.1, 0.15) is 5.69 Å². The molecule has 1 aliphatic rings. The van der Waals surface area contributed by atoms with Gasteiger partial charge in [-0.3, -0.25) is 19.6 Å². The number of carbonyl (C=O) groups is 3. The zero-order chi connectivity index (χ0) is 11.0. The van der Waals surface area contributed by atoms with Crippen molar-refractivity contribution in [1.29, 1.82) is 0 Å². The monoisotopic (exact) mass is 208 g/mol. The van der Waals surface area contributed by atoms with E-state index < -0.39 is 17.8 Å². The molecule has 0 atom stereocenters. The first kappa shape index (κ1) is 9.38. The third-order valence-corrected chi connectivity index (χ3v) is 1.99. The van der Waals surface area contributed by atoms with Gasteiger partial charge in [-0.1, -0.05) is 0 Å². The summed E-state index contributed by atoms with van der Waals surface area (Å²) in [6, 6.07) is 0.972. The molecule has 7 heteroatoms. The van der Waals surface area contributed by atoms with Gasteiger partial charge in [0.2, 0.25) is 0 Å². The summed E-state index contributed by atoms with van der Waals surface area (Å²) in [5.41, 5.74) is 0.552. The fraction of sp³-hybridized carbons (Fsp3) is 0.250. The highest BCUT2D eigenvalue weighted by Gasteiger charge is 2.36. The molecule has 2 rings (SSSR count). The molecule has 0 aromatic carbocycles. The van der Waals surface area contributed by atoms with Crippen molar-refractivity contribution in [3.8, 4) is 0 Å². The maximum Gasteiger partial charge on any atom is 0.331 e. The lowest BCUT2D eigenvalue weighted by molar-refractivity contribution is -0.140. The van der Waals surface area contributed by atoms with E-state index in [4.69, 9.17) is 0 Å². The quantitative estimate of drug-likeness (QED) is 0.499. The molecule has 4 amide bonds. The molecule has 7 nitrogen and oxygen atoms in total. The highest BCUT2D eigenvalue weighted by Crippen LogP contribution is 2.06. The molecule has 2 heterocycles. The SMILES string of the molecule is Cn1ccc(CN2C(=O)NC(=O)C2=O)n1. The molecule has 1 aromatic rings. The van der Waals surface area contributed by atoms with Crippen LogP contribution in [0.3, 0.4) is 0 Å². The molecule has 1 aliphatic heterocycles. The Hall–Kier alpha value is -2.18. The highest BCUT2D eigenvalue weighted by molar-refractivity contribution is 6.44. The van der Waals surface area contributed by atoms with E-state index in [0.29, 0.717) is 5.69 Å². The molecule has 0 spiro atoms. The van der Waals surface area contributed by atoms with E-state index in [2.05, 4.69) is 5.10 Å². The van der Waals surface area contributed by atoms with Gasteiger partial charge in [0.1, 0.15) is 0 Å². The van der Waals surface area contributed by atoms with Gasteiger partial charge in [0, 0.05) is 13.2 Å². The minimum Gasteiger partial charge on any atom is -0.275 e. The first-order chi connectivity index (χ1) is 7.08. The lowest BCUT2D eigenvalue weighted by atomic mass is 10.4. The van der Waals surface area contributed by atoms with Crippen LogP contribution in [0.5, 0.6) is 0 Å². The molecule has 0 saturated carbocycles. The number of nitrogens with one attached hydrogen (secondary N) is 1. The lowest BCUT2D eigenvalue weighted by Gasteiger charge is -2.08. The average molecular weight is 208 g/mol. The Labute approximate surface area is 84.7 Å². The fourth-order valence-electron chi connectivity index (χ4n) is 1.29. The summed E-state index contributed by atoms with van der Waals surface area (Å²) in [7, 11) is 1.72. The lowest BCUT2D eigenvalue weighted by Crippen LogP contribution is -2.30. The predicted octanol–water partition coefficient (Wildman–Crippen LogP) is -1.00. The van der Waals surface area contributed by atoms with Crippen LogP contribution in [0, 0.1) is 0 Å². The van der Waals surface area contributed by atoms with Crippen molar-refractivity contribution in [1.82, 2.24) is 20.0 Å². The second-order valence-corrected chi connectivity index (χ2v) is 3.13. The van der Waals surface area contributed by atoms with Crippen LogP contribution in [0.2, 0.25) is 0 Å². The molecule has 1 N–H and O–H groups in total. The third-order valence-electron chi connectivity index (χ3n) is 1.99. The number of imide groups is 2. The number of hydrogen-bond donors (Lipinski definition) is 1. The molecule has 78 valence electrons. The van der Waals surface area contributed by atoms with E-state index in [1.807, 2.05) is 5.32 Å². The summed E-state index contributed by atoms with van der Waals surface area (Å²) in [6.07, 6.45) is 1.69. The van der Waals surface area contributed by atoms with Gasteiger partial charge in [0.25, 0.3) is 0 Å². The number of rotatable bonds is 2. The molecule has 0 aliphatic carbocycles. The third kappa shape index (κ3) is 1.58. The van der Waals surface area contributed by atoms with Crippen molar-refractivity contribution in [3.05, 3.63) is 18.0 Å². The molecule has 0 unspecified atom stereocenters. The first-order valence-corrected chi connectivity index (χ1v) is 4.23. The normalized spacial score (nSPS) is 16.1.